The molecule has 4 heteroatoms. The number of allylic oxidation sites excluding steroid dienone is 4. The van der Waals surface area contributed by atoms with Crippen LogP contribution in [0.25, 0.3) is 0 Å². The highest BCUT2D eigenvalue weighted by atomic mass is 16.1. The van der Waals surface area contributed by atoms with Crippen molar-refractivity contribution in [2.24, 2.45) is 17.4 Å². The molecule has 0 heterocycles. The predicted molar refractivity (Wildman–Crippen MR) is 186 cm³/mol. The second-order valence-corrected chi connectivity index (χ2v) is 12.3. The van der Waals surface area contributed by atoms with Crippen molar-refractivity contribution in [2.45, 2.75) is 201 Å². The SMILES string of the molecule is CCCCCCCC/C=C\CCCCCCC(CC)C(N)=O.CCCCCCCC/C=C\CCCCCCCC(N)=O. The van der Waals surface area contributed by atoms with Gasteiger partial charge in [0.2, 0.25) is 11.8 Å². The predicted octanol–water partition coefficient (Wildman–Crippen LogP) is 11.7. The second kappa shape index (κ2) is 37.4. The zero-order valence-corrected chi connectivity index (χ0v) is 28.7. The minimum atomic E-state index is -0.164. The number of hydrogen-bond acceptors (Lipinski definition) is 2. The molecule has 4 nitrogen and oxygen atoms in total. The first kappa shape index (κ1) is 42.6. The smallest absolute Gasteiger partial charge is 0.220 e. The Kier molecular flexibility index (Phi) is 37.9. The summed E-state index contributed by atoms with van der Waals surface area (Å²) in [5, 5.41) is 0. The standard InChI is InChI=1S/C20H39NO.C18H35NO/c1-3-5-6-7-8-9-10-11-12-13-14-15-16-17-18-19(4-2)20(21)22;1-2-3-4-5-6-7-8-9-10-11-12-13-14-15-16-17-18(19)20/h11-12,19H,3-10,13-18H2,1-2H3,(H2,21,22);9-10H,2-8,11-17H2,1H3,(H2,19,20)/b12-11-;10-9-. The number of carbonyl (C=O) groups is 2. The molecule has 1 atom stereocenters. The number of amides is 2. The molecule has 0 aromatic heterocycles. The van der Waals surface area contributed by atoms with E-state index in [1.54, 1.807) is 0 Å². The van der Waals surface area contributed by atoms with Crippen LogP contribution in [0.4, 0.5) is 0 Å². The number of rotatable bonds is 31. The van der Waals surface area contributed by atoms with E-state index in [1.165, 1.54) is 141 Å². The van der Waals surface area contributed by atoms with Crippen LogP contribution in [0.5, 0.6) is 0 Å². The average Bonchev–Trinajstić information content (AvgIpc) is 2.97. The van der Waals surface area contributed by atoms with E-state index in [2.05, 4.69) is 38.2 Å². The summed E-state index contributed by atoms with van der Waals surface area (Å²) in [6, 6.07) is 0. The first-order chi connectivity index (χ1) is 20.5. The molecule has 0 radical (unpaired) electrons. The van der Waals surface area contributed by atoms with Crippen molar-refractivity contribution in [3.8, 4) is 0 Å². The Morgan fingerprint density at radius 3 is 1.14 bits per heavy atom. The molecule has 0 fully saturated rings. The first-order valence-corrected chi connectivity index (χ1v) is 18.4. The Morgan fingerprint density at radius 1 is 0.476 bits per heavy atom. The van der Waals surface area contributed by atoms with E-state index in [4.69, 9.17) is 11.5 Å². The zero-order valence-electron chi connectivity index (χ0n) is 28.7. The molecule has 0 saturated heterocycles. The fourth-order valence-electron chi connectivity index (χ4n) is 5.20. The Balaban J connectivity index is 0. The Hall–Kier alpha value is -1.58. The summed E-state index contributed by atoms with van der Waals surface area (Å²) in [7, 11) is 0. The molecule has 2 amide bonds. The van der Waals surface area contributed by atoms with Crippen molar-refractivity contribution in [1.29, 1.82) is 0 Å². The molecule has 4 N–H and O–H groups in total. The molecule has 0 saturated carbocycles. The average molecular weight is 591 g/mol. The van der Waals surface area contributed by atoms with E-state index >= 15 is 0 Å². The molecule has 0 rings (SSSR count). The molecule has 0 aromatic rings. The topological polar surface area (TPSA) is 86.2 Å². The van der Waals surface area contributed by atoms with Crippen molar-refractivity contribution in [2.75, 3.05) is 0 Å². The molecule has 0 bridgehead atoms. The van der Waals surface area contributed by atoms with E-state index < -0.39 is 0 Å². The lowest BCUT2D eigenvalue weighted by atomic mass is 9.97. The van der Waals surface area contributed by atoms with Crippen LogP contribution in [0.15, 0.2) is 24.3 Å². The maximum absolute atomic E-state index is 11.1. The molecular weight excluding hydrogens is 516 g/mol. The summed E-state index contributed by atoms with van der Waals surface area (Å²) in [5.41, 5.74) is 10.5. The Bertz CT molecular complexity index is 614. The van der Waals surface area contributed by atoms with Gasteiger partial charge in [-0.25, -0.2) is 0 Å². The van der Waals surface area contributed by atoms with Crippen LogP contribution in [0.1, 0.15) is 201 Å². The lowest BCUT2D eigenvalue weighted by Crippen LogP contribution is -2.22. The van der Waals surface area contributed by atoms with E-state index in [1.807, 2.05) is 6.92 Å². The minimum absolute atomic E-state index is 0.0947. The molecule has 0 aliphatic heterocycles. The van der Waals surface area contributed by atoms with Crippen LogP contribution in [-0.2, 0) is 9.59 Å². The van der Waals surface area contributed by atoms with Crippen molar-refractivity contribution < 1.29 is 9.59 Å². The lowest BCUT2D eigenvalue weighted by molar-refractivity contribution is -0.122. The Labute approximate surface area is 263 Å². The molecular formula is C38H74N2O2. The third-order valence-corrected chi connectivity index (χ3v) is 8.14. The lowest BCUT2D eigenvalue weighted by Gasteiger charge is -2.09. The zero-order chi connectivity index (χ0) is 31.4. The normalized spacial score (nSPS) is 12.1. The van der Waals surface area contributed by atoms with Gasteiger partial charge in [-0.2, -0.15) is 0 Å². The highest BCUT2D eigenvalue weighted by Crippen LogP contribution is 2.15. The van der Waals surface area contributed by atoms with Crippen molar-refractivity contribution in [1.82, 2.24) is 0 Å². The highest BCUT2D eigenvalue weighted by molar-refractivity contribution is 5.76. The van der Waals surface area contributed by atoms with Gasteiger partial charge in [0.1, 0.15) is 0 Å². The van der Waals surface area contributed by atoms with Crippen LogP contribution in [0, 0.1) is 5.92 Å². The molecule has 0 spiro atoms. The molecule has 0 aliphatic rings. The van der Waals surface area contributed by atoms with Gasteiger partial charge in [-0.1, -0.05) is 148 Å². The summed E-state index contributed by atoms with van der Waals surface area (Å²) in [6.45, 7) is 6.58. The first-order valence-electron chi connectivity index (χ1n) is 18.4. The van der Waals surface area contributed by atoms with Crippen LogP contribution >= 0.6 is 0 Å². The van der Waals surface area contributed by atoms with Crippen molar-refractivity contribution >= 4 is 11.8 Å². The van der Waals surface area contributed by atoms with E-state index in [0.717, 1.165) is 32.1 Å². The summed E-state index contributed by atoms with van der Waals surface area (Å²) in [5.74, 6) is -0.194. The van der Waals surface area contributed by atoms with E-state index in [9.17, 15) is 9.59 Å². The number of carbonyl (C=O) groups excluding carboxylic acids is 2. The second-order valence-electron chi connectivity index (χ2n) is 12.3. The van der Waals surface area contributed by atoms with Gasteiger partial charge in [0.05, 0.1) is 0 Å². The maximum atomic E-state index is 11.1. The third kappa shape index (κ3) is 38.4. The van der Waals surface area contributed by atoms with Gasteiger partial charge in [0.15, 0.2) is 0 Å². The van der Waals surface area contributed by atoms with Gasteiger partial charge in [-0.15, -0.1) is 0 Å². The van der Waals surface area contributed by atoms with Gasteiger partial charge in [0, 0.05) is 12.3 Å². The van der Waals surface area contributed by atoms with Gasteiger partial charge in [-0.05, 0) is 70.6 Å². The van der Waals surface area contributed by atoms with E-state index in [0.29, 0.717) is 6.42 Å². The number of primary amides is 2. The third-order valence-electron chi connectivity index (χ3n) is 8.14. The fraction of sp³-hybridized carbons (Fsp3) is 0.842. The molecule has 0 aliphatic carbocycles. The molecule has 42 heavy (non-hydrogen) atoms. The monoisotopic (exact) mass is 591 g/mol. The summed E-state index contributed by atoms with van der Waals surface area (Å²) < 4.78 is 0. The van der Waals surface area contributed by atoms with E-state index in [-0.39, 0.29) is 17.7 Å². The maximum Gasteiger partial charge on any atom is 0.220 e. The largest absolute Gasteiger partial charge is 0.370 e. The van der Waals surface area contributed by atoms with Crippen molar-refractivity contribution in [3.05, 3.63) is 24.3 Å². The van der Waals surface area contributed by atoms with Crippen LogP contribution < -0.4 is 11.5 Å². The van der Waals surface area contributed by atoms with Crippen LogP contribution in [-0.4, -0.2) is 11.8 Å². The van der Waals surface area contributed by atoms with Crippen LogP contribution in [0.2, 0.25) is 0 Å². The quantitative estimate of drug-likeness (QED) is 0.0621. The highest BCUT2D eigenvalue weighted by Gasteiger charge is 2.11. The molecule has 1 unspecified atom stereocenters. The fourth-order valence-corrected chi connectivity index (χ4v) is 5.20. The van der Waals surface area contributed by atoms with Gasteiger partial charge in [-0.3, -0.25) is 9.59 Å². The summed E-state index contributed by atoms with van der Waals surface area (Å²) in [4.78, 5) is 21.7. The van der Waals surface area contributed by atoms with Gasteiger partial charge in [0.25, 0.3) is 0 Å². The summed E-state index contributed by atoms with van der Waals surface area (Å²) in [6.07, 6.45) is 44.2. The summed E-state index contributed by atoms with van der Waals surface area (Å²) >= 11 is 0. The van der Waals surface area contributed by atoms with Crippen molar-refractivity contribution in [3.63, 3.8) is 0 Å². The van der Waals surface area contributed by atoms with Gasteiger partial charge < -0.3 is 11.5 Å². The molecule has 0 aromatic carbocycles. The molecule has 248 valence electrons. The number of hydrogen-bond donors (Lipinski definition) is 2. The minimum Gasteiger partial charge on any atom is -0.370 e. The number of nitrogens with two attached hydrogens (primary N) is 2. The number of unbranched alkanes of at least 4 members (excludes halogenated alkanes) is 21. The Morgan fingerprint density at radius 2 is 0.810 bits per heavy atom. The van der Waals surface area contributed by atoms with Gasteiger partial charge >= 0.3 is 0 Å². The van der Waals surface area contributed by atoms with Crippen LogP contribution in [0.3, 0.4) is 0 Å².